The van der Waals surface area contributed by atoms with Gasteiger partial charge in [-0.05, 0) is 104 Å². The number of hydrogen-bond acceptors (Lipinski definition) is 3. The highest BCUT2D eigenvalue weighted by Gasteiger charge is 2.63. The van der Waals surface area contributed by atoms with Crippen LogP contribution in [0.5, 0.6) is 5.75 Å². The van der Waals surface area contributed by atoms with Crippen LogP contribution in [0.15, 0.2) is 30.9 Å². The van der Waals surface area contributed by atoms with E-state index in [1.165, 1.54) is 11.1 Å². The van der Waals surface area contributed by atoms with Crippen molar-refractivity contribution in [3.63, 3.8) is 0 Å². The van der Waals surface area contributed by atoms with Crippen LogP contribution in [0.1, 0.15) is 82.3 Å². The van der Waals surface area contributed by atoms with Gasteiger partial charge in [0.15, 0.2) is 0 Å². The maximum atomic E-state index is 11.0. The summed E-state index contributed by atoms with van der Waals surface area (Å²) in [6, 6.07) is 5.97. The quantitative estimate of drug-likeness (QED) is 0.448. The third-order valence-electron chi connectivity index (χ3n) is 8.80. The summed E-state index contributed by atoms with van der Waals surface area (Å²) in [6.07, 6.45) is 11.0. The number of allylic oxidation sites excluding steroid dienone is 1. The second-order valence-electron chi connectivity index (χ2n) is 10.4. The van der Waals surface area contributed by atoms with Gasteiger partial charge in [-0.25, -0.2) is 0 Å². The zero-order valence-electron chi connectivity index (χ0n) is 18.1. The molecule has 3 aliphatic carbocycles. The summed E-state index contributed by atoms with van der Waals surface area (Å²) < 4.78 is 0. The maximum absolute atomic E-state index is 11.0. The van der Waals surface area contributed by atoms with Crippen LogP contribution in [0.2, 0.25) is 0 Å². The van der Waals surface area contributed by atoms with E-state index in [2.05, 4.69) is 25.6 Å². The summed E-state index contributed by atoms with van der Waals surface area (Å²) in [4.78, 5) is 0. The van der Waals surface area contributed by atoms with Crippen molar-refractivity contribution in [3.05, 3.63) is 42.0 Å². The van der Waals surface area contributed by atoms with Gasteiger partial charge >= 0.3 is 0 Å². The molecule has 0 aliphatic heterocycles. The van der Waals surface area contributed by atoms with Gasteiger partial charge in [-0.15, -0.1) is 6.58 Å². The Labute approximate surface area is 175 Å². The molecule has 3 heteroatoms. The number of phenolic OH excluding ortho intramolecular Hbond substituents is 1. The van der Waals surface area contributed by atoms with Crippen LogP contribution < -0.4 is 0 Å². The smallest absolute Gasteiger partial charge is 0.115 e. The molecular formula is C26H38O3. The van der Waals surface area contributed by atoms with Crippen LogP contribution in [0.3, 0.4) is 0 Å². The molecule has 0 amide bonds. The highest BCUT2D eigenvalue weighted by molar-refractivity contribution is 5.43. The van der Waals surface area contributed by atoms with E-state index < -0.39 is 0 Å². The number of rotatable bonds is 6. The van der Waals surface area contributed by atoms with E-state index in [1.807, 2.05) is 19.1 Å². The van der Waals surface area contributed by atoms with Crippen molar-refractivity contribution in [2.75, 3.05) is 0 Å². The third kappa shape index (κ3) is 3.35. The van der Waals surface area contributed by atoms with Crippen molar-refractivity contribution in [2.24, 2.45) is 22.7 Å². The summed E-state index contributed by atoms with van der Waals surface area (Å²) in [5.41, 5.74) is 2.69. The number of benzene rings is 1. The summed E-state index contributed by atoms with van der Waals surface area (Å²) in [7, 11) is 0. The average molecular weight is 399 g/mol. The Morgan fingerprint density at radius 1 is 1.28 bits per heavy atom. The summed E-state index contributed by atoms with van der Waals surface area (Å²) >= 11 is 0. The summed E-state index contributed by atoms with van der Waals surface area (Å²) in [5, 5.41) is 30.7. The Hall–Kier alpha value is -1.32. The molecule has 160 valence electrons. The number of unbranched alkanes of at least 4 members (excludes halogenated alkanes) is 1. The first-order chi connectivity index (χ1) is 13.8. The molecule has 0 spiro atoms. The second-order valence-corrected chi connectivity index (χ2v) is 10.4. The number of fused-ring (bicyclic) bond motifs is 5. The topological polar surface area (TPSA) is 60.7 Å². The summed E-state index contributed by atoms with van der Waals surface area (Å²) in [6.45, 7) is 8.55. The second kappa shape index (κ2) is 7.74. The lowest BCUT2D eigenvalue weighted by molar-refractivity contribution is -0.0813. The van der Waals surface area contributed by atoms with E-state index in [9.17, 15) is 15.3 Å². The molecule has 4 rings (SSSR count). The highest BCUT2D eigenvalue weighted by atomic mass is 16.3. The van der Waals surface area contributed by atoms with Gasteiger partial charge in [-0.3, -0.25) is 0 Å². The lowest BCUT2D eigenvalue weighted by Gasteiger charge is -2.60. The molecule has 3 N–H and O–H groups in total. The number of aliphatic hydroxyl groups is 2. The van der Waals surface area contributed by atoms with Gasteiger partial charge in [0.1, 0.15) is 5.75 Å². The molecule has 0 radical (unpaired) electrons. The molecule has 0 heterocycles. The van der Waals surface area contributed by atoms with Gasteiger partial charge in [0.05, 0.1) is 12.2 Å². The Balaban J connectivity index is 1.72. The van der Waals surface area contributed by atoms with E-state index in [0.29, 0.717) is 23.5 Å². The van der Waals surface area contributed by atoms with Crippen molar-refractivity contribution < 1.29 is 15.3 Å². The zero-order chi connectivity index (χ0) is 20.8. The van der Waals surface area contributed by atoms with Gasteiger partial charge in [0.2, 0.25) is 0 Å². The molecular weight excluding hydrogens is 360 g/mol. The molecule has 0 aromatic heterocycles. The lowest BCUT2D eigenvalue weighted by atomic mass is 9.44. The molecule has 2 fully saturated rings. The molecule has 2 saturated carbocycles. The average Bonchev–Trinajstić information content (AvgIpc) is 2.99. The van der Waals surface area contributed by atoms with Crippen LogP contribution in [0, 0.1) is 22.7 Å². The number of hydrogen-bond donors (Lipinski definition) is 3. The molecule has 0 saturated heterocycles. The monoisotopic (exact) mass is 398 g/mol. The molecule has 3 aliphatic rings. The number of phenols is 1. The van der Waals surface area contributed by atoms with Gasteiger partial charge in [-0.1, -0.05) is 31.9 Å². The van der Waals surface area contributed by atoms with E-state index in [-0.39, 0.29) is 23.0 Å². The third-order valence-corrected chi connectivity index (χ3v) is 8.80. The molecule has 0 bridgehead atoms. The molecule has 1 aromatic carbocycles. The fourth-order valence-electron chi connectivity index (χ4n) is 7.54. The van der Waals surface area contributed by atoms with Crippen molar-refractivity contribution in [1.82, 2.24) is 0 Å². The van der Waals surface area contributed by atoms with Gasteiger partial charge in [0.25, 0.3) is 0 Å². The van der Waals surface area contributed by atoms with Crippen LogP contribution >= 0.6 is 0 Å². The number of aryl methyl sites for hydroxylation is 1. The van der Waals surface area contributed by atoms with Crippen LogP contribution in [0.4, 0.5) is 0 Å². The van der Waals surface area contributed by atoms with E-state index in [4.69, 9.17) is 0 Å². The minimum Gasteiger partial charge on any atom is -0.508 e. The molecule has 29 heavy (non-hydrogen) atoms. The first kappa shape index (κ1) is 20.9. The predicted molar refractivity (Wildman–Crippen MR) is 117 cm³/mol. The molecule has 2 unspecified atom stereocenters. The SMILES string of the molecule is C=CC12CCc3cc(O)ccc3[C@H]1[C@@H](CCCCC(C)O)C[C@]1(C)[C@@H](O)CC[C@@H]21. The van der Waals surface area contributed by atoms with E-state index in [1.54, 1.807) is 0 Å². The summed E-state index contributed by atoms with van der Waals surface area (Å²) in [5.74, 6) is 1.75. The fraction of sp³-hybridized carbons (Fsp3) is 0.692. The van der Waals surface area contributed by atoms with Crippen molar-refractivity contribution in [2.45, 2.75) is 89.8 Å². The molecule has 7 atom stereocenters. The number of aromatic hydroxyl groups is 1. The van der Waals surface area contributed by atoms with Crippen LogP contribution in [-0.4, -0.2) is 27.5 Å². The van der Waals surface area contributed by atoms with Crippen molar-refractivity contribution >= 4 is 0 Å². The first-order valence-corrected chi connectivity index (χ1v) is 11.6. The van der Waals surface area contributed by atoms with Crippen LogP contribution in [-0.2, 0) is 6.42 Å². The minimum atomic E-state index is -0.231. The molecule has 3 nitrogen and oxygen atoms in total. The Bertz CT molecular complexity index is 756. The van der Waals surface area contributed by atoms with Crippen molar-refractivity contribution in [3.8, 4) is 5.75 Å². The largest absolute Gasteiger partial charge is 0.508 e. The van der Waals surface area contributed by atoms with E-state index >= 15 is 0 Å². The Morgan fingerprint density at radius 2 is 2.07 bits per heavy atom. The van der Waals surface area contributed by atoms with Gasteiger partial charge < -0.3 is 15.3 Å². The maximum Gasteiger partial charge on any atom is 0.115 e. The zero-order valence-corrected chi connectivity index (χ0v) is 18.1. The minimum absolute atomic E-state index is 0.0311. The standard InChI is InChI=1S/C26H38O3/c1-4-26-14-13-18-15-20(28)9-10-21(18)24(26)19(8-6-5-7-17(2)27)16-25(3)22(26)11-12-23(25)29/h4,9-10,15,17,19,22-24,27-29H,1,5-8,11-14,16H2,2-3H3/t17?,19-,22+,23-,24+,25-,26?/m0/s1. The normalized spacial score (nSPS) is 39.3. The van der Waals surface area contributed by atoms with Crippen molar-refractivity contribution in [1.29, 1.82) is 0 Å². The van der Waals surface area contributed by atoms with E-state index in [0.717, 1.165) is 57.8 Å². The van der Waals surface area contributed by atoms with Crippen LogP contribution in [0.25, 0.3) is 0 Å². The number of aliphatic hydroxyl groups excluding tert-OH is 2. The predicted octanol–water partition coefficient (Wildman–Crippen LogP) is 5.33. The lowest BCUT2D eigenvalue weighted by Crippen LogP contribution is -2.54. The van der Waals surface area contributed by atoms with Gasteiger partial charge in [0, 0.05) is 0 Å². The highest BCUT2D eigenvalue weighted by Crippen LogP contribution is 2.69. The fourth-order valence-corrected chi connectivity index (χ4v) is 7.54. The Kier molecular flexibility index (Phi) is 5.59. The molecule has 1 aromatic rings. The van der Waals surface area contributed by atoms with Gasteiger partial charge in [-0.2, -0.15) is 0 Å². The Morgan fingerprint density at radius 3 is 2.79 bits per heavy atom. The first-order valence-electron chi connectivity index (χ1n) is 11.6.